The maximum atomic E-state index is 11.8. The molecule has 0 aliphatic heterocycles. The van der Waals surface area contributed by atoms with Gasteiger partial charge in [0.15, 0.2) is 0 Å². The van der Waals surface area contributed by atoms with E-state index in [1.165, 1.54) is 17.3 Å². The van der Waals surface area contributed by atoms with Crippen molar-refractivity contribution < 1.29 is 14.3 Å². The number of nitrogens with one attached hydrogen (secondary N) is 2. The van der Waals surface area contributed by atoms with Crippen LogP contribution in [0, 0.1) is 0 Å². The number of carbonyl (C=O) groups excluding carboxylic acids is 2. The summed E-state index contributed by atoms with van der Waals surface area (Å²) in [4.78, 5) is 23.2. The average molecular weight is 338 g/mol. The van der Waals surface area contributed by atoms with Crippen LogP contribution in [-0.2, 0) is 16.0 Å². The van der Waals surface area contributed by atoms with Crippen LogP contribution >= 0.6 is 11.8 Å². The van der Waals surface area contributed by atoms with Gasteiger partial charge in [-0.25, -0.2) is 4.79 Å². The number of benzene rings is 1. The minimum absolute atomic E-state index is 0.0449. The molecule has 0 radical (unpaired) electrons. The van der Waals surface area contributed by atoms with Crippen LogP contribution in [0.4, 0.5) is 10.5 Å². The van der Waals surface area contributed by atoms with Crippen LogP contribution in [0.3, 0.4) is 0 Å². The second-order valence-electron chi connectivity index (χ2n) is 6.08. The number of amides is 2. The average Bonchev–Trinajstić information content (AvgIpc) is 2.46. The van der Waals surface area contributed by atoms with Crippen molar-refractivity contribution in [2.75, 3.05) is 23.4 Å². The largest absolute Gasteiger partial charge is 0.444 e. The number of aryl methyl sites for hydroxylation is 1. The lowest BCUT2D eigenvalue weighted by Gasteiger charge is -2.19. The predicted molar refractivity (Wildman–Crippen MR) is 96.0 cm³/mol. The SMILES string of the molecule is CCc1ccc(NC(=O)CSCCNC(=O)OC(C)(C)C)cc1. The van der Waals surface area contributed by atoms with Gasteiger partial charge < -0.3 is 15.4 Å². The summed E-state index contributed by atoms with van der Waals surface area (Å²) >= 11 is 1.47. The maximum absolute atomic E-state index is 11.8. The van der Waals surface area contributed by atoms with Crippen LogP contribution < -0.4 is 10.6 Å². The first-order chi connectivity index (χ1) is 10.8. The molecule has 0 bridgehead atoms. The fraction of sp³-hybridized carbons (Fsp3) is 0.529. The molecule has 0 saturated carbocycles. The molecule has 0 atom stereocenters. The second-order valence-corrected chi connectivity index (χ2v) is 7.19. The fourth-order valence-electron chi connectivity index (χ4n) is 1.73. The van der Waals surface area contributed by atoms with Gasteiger partial charge in [0.1, 0.15) is 5.60 Å². The molecule has 128 valence electrons. The first kappa shape index (κ1) is 19.4. The van der Waals surface area contributed by atoms with Crippen LogP contribution in [0.2, 0.25) is 0 Å². The van der Waals surface area contributed by atoms with E-state index >= 15 is 0 Å². The van der Waals surface area contributed by atoms with Crippen molar-refractivity contribution in [3.63, 3.8) is 0 Å². The number of rotatable bonds is 7. The molecule has 2 N–H and O–H groups in total. The molecular weight excluding hydrogens is 312 g/mol. The number of carbonyl (C=O) groups is 2. The molecule has 23 heavy (non-hydrogen) atoms. The maximum Gasteiger partial charge on any atom is 0.407 e. The van der Waals surface area contributed by atoms with E-state index in [2.05, 4.69) is 17.6 Å². The summed E-state index contributed by atoms with van der Waals surface area (Å²) in [5.74, 6) is 0.962. The first-order valence-electron chi connectivity index (χ1n) is 7.73. The topological polar surface area (TPSA) is 67.4 Å². The van der Waals surface area contributed by atoms with Gasteiger partial charge in [-0.15, -0.1) is 0 Å². The zero-order valence-corrected chi connectivity index (χ0v) is 15.1. The van der Waals surface area contributed by atoms with E-state index in [4.69, 9.17) is 4.74 Å². The number of anilines is 1. The fourth-order valence-corrected chi connectivity index (χ4v) is 2.37. The number of alkyl carbamates (subject to hydrolysis) is 1. The second kappa shape index (κ2) is 9.45. The van der Waals surface area contributed by atoms with E-state index in [0.29, 0.717) is 18.1 Å². The van der Waals surface area contributed by atoms with E-state index in [1.807, 2.05) is 45.0 Å². The Kier molecular flexibility index (Phi) is 7.95. The normalized spacial score (nSPS) is 11.0. The van der Waals surface area contributed by atoms with Crippen LogP contribution in [0.5, 0.6) is 0 Å². The van der Waals surface area contributed by atoms with E-state index in [1.54, 1.807) is 0 Å². The Bertz CT molecular complexity index is 510. The highest BCUT2D eigenvalue weighted by Crippen LogP contribution is 2.11. The van der Waals surface area contributed by atoms with Gasteiger partial charge in [0.2, 0.25) is 5.91 Å². The number of hydrogen-bond acceptors (Lipinski definition) is 4. The van der Waals surface area contributed by atoms with Crippen molar-refractivity contribution in [3.8, 4) is 0 Å². The molecular formula is C17H26N2O3S. The third-order valence-electron chi connectivity index (χ3n) is 2.79. The minimum Gasteiger partial charge on any atom is -0.444 e. The Morgan fingerprint density at radius 1 is 1.17 bits per heavy atom. The molecule has 5 nitrogen and oxygen atoms in total. The summed E-state index contributed by atoms with van der Waals surface area (Å²) in [7, 11) is 0. The van der Waals surface area contributed by atoms with Crippen LogP contribution in [0.25, 0.3) is 0 Å². The molecule has 0 heterocycles. The molecule has 1 aromatic rings. The van der Waals surface area contributed by atoms with Crippen molar-refractivity contribution in [2.24, 2.45) is 0 Å². The van der Waals surface area contributed by atoms with Gasteiger partial charge in [-0.2, -0.15) is 11.8 Å². The smallest absolute Gasteiger partial charge is 0.407 e. The Morgan fingerprint density at radius 2 is 1.83 bits per heavy atom. The molecule has 6 heteroatoms. The van der Waals surface area contributed by atoms with E-state index in [0.717, 1.165) is 12.1 Å². The zero-order valence-electron chi connectivity index (χ0n) is 14.3. The van der Waals surface area contributed by atoms with Crippen LogP contribution in [0.15, 0.2) is 24.3 Å². The van der Waals surface area contributed by atoms with Gasteiger partial charge in [-0.05, 0) is 44.9 Å². The molecule has 0 fully saturated rings. The standard InChI is InChI=1S/C17H26N2O3S/c1-5-13-6-8-14(9-7-13)19-15(20)12-23-11-10-18-16(21)22-17(2,3)4/h6-9H,5,10-12H2,1-4H3,(H,18,21)(H,19,20). The van der Waals surface area contributed by atoms with E-state index < -0.39 is 11.7 Å². The lowest BCUT2D eigenvalue weighted by Crippen LogP contribution is -2.33. The summed E-state index contributed by atoms with van der Waals surface area (Å²) in [5.41, 5.74) is 1.55. The Hall–Kier alpha value is -1.69. The quantitative estimate of drug-likeness (QED) is 0.747. The molecule has 2 amide bonds. The van der Waals surface area contributed by atoms with E-state index in [9.17, 15) is 9.59 Å². The molecule has 0 aliphatic carbocycles. The van der Waals surface area contributed by atoms with E-state index in [-0.39, 0.29) is 5.91 Å². The molecule has 0 aromatic heterocycles. The van der Waals surface area contributed by atoms with Gasteiger partial charge in [-0.1, -0.05) is 19.1 Å². The number of hydrogen-bond donors (Lipinski definition) is 2. The monoisotopic (exact) mass is 338 g/mol. The van der Waals surface area contributed by atoms with Crippen LogP contribution in [0.1, 0.15) is 33.3 Å². The lowest BCUT2D eigenvalue weighted by atomic mass is 10.1. The molecule has 0 unspecified atom stereocenters. The molecule has 0 spiro atoms. The van der Waals surface area contributed by atoms with Gasteiger partial charge >= 0.3 is 6.09 Å². The third kappa shape index (κ3) is 9.13. The highest BCUT2D eigenvalue weighted by Gasteiger charge is 2.15. The van der Waals surface area contributed by atoms with Crippen molar-refractivity contribution in [1.29, 1.82) is 0 Å². The van der Waals surface area contributed by atoms with Crippen molar-refractivity contribution in [1.82, 2.24) is 5.32 Å². The Morgan fingerprint density at radius 3 is 2.39 bits per heavy atom. The Labute approximate surface area is 142 Å². The minimum atomic E-state index is -0.496. The first-order valence-corrected chi connectivity index (χ1v) is 8.89. The lowest BCUT2D eigenvalue weighted by molar-refractivity contribution is -0.113. The summed E-state index contributed by atoms with van der Waals surface area (Å²) in [6.07, 6.45) is 0.549. The van der Waals surface area contributed by atoms with Gasteiger partial charge in [0.05, 0.1) is 5.75 Å². The van der Waals surface area contributed by atoms with Gasteiger partial charge in [-0.3, -0.25) is 4.79 Å². The van der Waals surface area contributed by atoms with Gasteiger partial charge in [0, 0.05) is 18.0 Å². The van der Waals surface area contributed by atoms with Gasteiger partial charge in [0.25, 0.3) is 0 Å². The summed E-state index contributed by atoms with van der Waals surface area (Å²) < 4.78 is 5.12. The van der Waals surface area contributed by atoms with Crippen molar-refractivity contribution in [2.45, 2.75) is 39.7 Å². The van der Waals surface area contributed by atoms with Crippen LogP contribution in [-0.4, -0.2) is 35.7 Å². The highest BCUT2D eigenvalue weighted by molar-refractivity contribution is 7.99. The number of thioether (sulfide) groups is 1. The summed E-state index contributed by atoms with van der Waals surface area (Å²) in [6, 6.07) is 7.83. The summed E-state index contributed by atoms with van der Waals surface area (Å²) in [6.45, 7) is 8.02. The molecule has 0 aliphatic rings. The number of ether oxygens (including phenoxy) is 1. The van der Waals surface area contributed by atoms with Crippen molar-refractivity contribution in [3.05, 3.63) is 29.8 Å². The highest BCUT2D eigenvalue weighted by atomic mass is 32.2. The molecule has 1 rings (SSSR count). The predicted octanol–water partition coefficient (Wildman–Crippen LogP) is 3.45. The summed E-state index contributed by atoms with van der Waals surface area (Å²) in [5, 5.41) is 5.51. The third-order valence-corrected chi connectivity index (χ3v) is 3.75. The Balaban J connectivity index is 2.15. The van der Waals surface area contributed by atoms with Crippen molar-refractivity contribution >= 4 is 29.4 Å². The zero-order chi connectivity index (χ0) is 17.3. The molecule has 0 saturated heterocycles. The molecule has 1 aromatic carbocycles.